The molecule has 0 aliphatic rings. The van der Waals surface area contributed by atoms with Gasteiger partial charge in [-0.3, -0.25) is 0 Å². The summed E-state index contributed by atoms with van der Waals surface area (Å²) in [5, 5.41) is 4.56. The van der Waals surface area contributed by atoms with Crippen LogP contribution in [0.15, 0.2) is 54.9 Å². The third-order valence-electron chi connectivity index (χ3n) is 4.02. The molecule has 0 aliphatic carbocycles. The second kappa shape index (κ2) is 7.75. The smallest absolute Gasteiger partial charge is 0.340 e. The minimum absolute atomic E-state index is 0.250. The molecule has 0 bridgehead atoms. The molecule has 0 spiro atoms. The highest BCUT2D eigenvalue weighted by Gasteiger charge is 2.11. The third-order valence-corrected chi connectivity index (χ3v) is 4.02. The van der Waals surface area contributed by atoms with E-state index < -0.39 is 0 Å². The van der Waals surface area contributed by atoms with E-state index in [9.17, 15) is 4.79 Å². The highest BCUT2D eigenvalue weighted by Crippen LogP contribution is 2.13. The Morgan fingerprint density at radius 1 is 1.08 bits per heavy atom. The van der Waals surface area contributed by atoms with E-state index in [0.29, 0.717) is 11.4 Å². The van der Waals surface area contributed by atoms with Gasteiger partial charge in [0.05, 0.1) is 11.3 Å². The minimum atomic E-state index is -0.383. The Labute approximate surface area is 147 Å². The van der Waals surface area contributed by atoms with Gasteiger partial charge in [-0.05, 0) is 36.1 Å². The van der Waals surface area contributed by atoms with Gasteiger partial charge in [-0.15, -0.1) is 0 Å². The lowest BCUT2D eigenvalue weighted by Crippen LogP contribution is -2.07. The molecule has 3 aromatic rings. The minimum Gasteiger partial charge on any atom is -0.457 e. The Hall–Kier alpha value is -2.95. The Kier molecular flexibility index (Phi) is 5.23. The standard InChI is InChI=1S/C20H21N3O2/c1-3-16-13-23(22-18(16)4-2)19-11-10-17(12-21-19)20(24)25-14-15-8-6-5-7-9-15/h5-13H,3-4,14H2,1-2H3. The summed E-state index contributed by atoms with van der Waals surface area (Å²) < 4.78 is 7.08. The van der Waals surface area contributed by atoms with Gasteiger partial charge in [0.25, 0.3) is 0 Å². The highest BCUT2D eigenvalue weighted by atomic mass is 16.5. The molecule has 1 aromatic carbocycles. The van der Waals surface area contributed by atoms with Crippen molar-refractivity contribution in [2.24, 2.45) is 0 Å². The van der Waals surface area contributed by atoms with Crippen molar-refractivity contribution in [2.75, 3.05) is 0 Å². The number of rotatable bonds is 6. The fourth-order valence-corrected chi connectivity index (χ4v) is 2.60. The number of nitrogens with zero attached hydrogens (tertiary/aromatic N) is 3. The molecule has 5 heteroatoms. The quantitative estimate of drug-likeness (QED) is 0.644. The van der Waals surface area contributed by atoms with Crippen molar-refractivity contribution >= 4 is 5.97 Å². The predicted octanol–water partition coefficient (Wildman–Crippen LogP) is 3.75. The molecule has 0 aliphatic heterocycles. The first-order chi connectivity index (χ1) is 12.2. The van der Waals surface area contributed by atoms with Gasteiger partial charge in [-0.25, -0.2) is 14.5 Å². The molecule has 5 nitrogen and oxygen atoms in total. The maximum absolute atomic E-state index is 12.1. The predicted molar refractivity (Wildman–Crippen MR) is 95.7 cm³/mol. The number of ether oxygens (including phenoxy) is 1. The van der Waals surface area contributed by atoms with Crippen LogP contribution in [0.25, 0.3) is 5.82 Å². The molecule has 0 atom stereocenters. The van der Waals surface area contributed by atoms with E-state index >= 15 is 0 Å². The van der Waals surface area contributed by atoms with Gasteiger partial charge in [-0.2, -0.15) is 5.10 Å². The summed E-state index contributed by atoms with van der Waals surface area (Å²) in [6.07, 6.45) is 5.35. The Morgan fingerprint density at radius 3 is 2.48 bits per heavy atom. The van der Waals surface area contributed by atoms with E-state index in [4.69, 9.17) is 4.74 Å². The van der Waals surface area contributed by atoms with Crippen LogP contribution in [0.4, 0.5) is 0 Å². The highest BCUT2D eigenvalue weighted by molar-refractivity contribution is 5.89. The average molecular weight is 335 g/mol. The van der Waals surface area contributed by atoms with Crippen LogP contribution < -0.4 is 0 Å². The van der Waals surface area contributed by atoms with Crippen molar-refractivity contribution < 1.29 is 9.53 Å². The molecule has 0 amide bonds. The molecule has 128 valence electrons. The van der Waals surface area contributed by atoms with Gasteiger partial charge in [0.15, 0.2) is 5.82 Å². The van der Waals surface area contributed by atoms with Crippen molar-refractivity contribution in [3.05, 3.63) is 77.2 Å². The molecule has 2 heterocycles. The largest absolute Gasteiger partial charge is 0.457 e. The van der Waals surface area contributed by atoms with Crippen molar-refractivity contribution in [2.45, 2.75) is 33.3 Å². The van der Waals surface area contributed by atoms with Crippen LogP contribution in [0, 0.1) is 0 Å². The SMILES string of the molecule is CCc1cn(-c2ccc(C(=O)OCc3ccccc3)cn2)nc1CC. The third kappa shape index (κ3) is 3.94. The fraction of sp³-hybridized carbons (Fsp3) is 0.250. The number of aromatic nitrogens is 3. The van der Waals surface area contributed by atoms with Crippen LogP contribution >= 0.6 is 0 Å². The second-order valence-electron chi connectivity index (χ2n) is 5.72. The van der Waals surface area contributed by atoms with E-state index in [0.717, 1.165) is 24.1 Å². The molecular formula is C20H21N3O2. The summed E-state index contributed by atoms with van der Waals surface area (Å²) in [5.41, 5.74) is 3.68. The summed E-state index contributed by atoms with van der Waals surface area (Å²) in [5.74, 6) is 0.306. The molecule has 0 fully saturated rings. The van der Waals surface area contributed by atoms with E-state index in [-0.39, 0.29) is 12.6 Å². The van der Waals surface area contributed by atoms with Crippen LogP contribution in [-0.2, 0) is 24.2 Å². The maximum Gasteiger partial charge on any atom is 0.340 e. The number of hydrogen-bond donors (Lipinski definition) is 0. The van der Waals surface area contributed by atoms with Gasteiger partial charge < -0.3 is 4.74 Å². The number of esters is 1. The van der Waals surface area contributed by atoms with E-state index in [1.807, 2.05) is 36.5 Å². The zero-order valence-corrected chi connectivity index (χ0v) is 14.5. The van der Waals surface area contributed by atoms with Crippen LogP contribution in [-0.4, -0.2) is 20.7 Å². The number of aryl methyl sites for hydroxylation is 2. The Morgan fingerprint density at radius 2 is 1.88 bits per heavy atom. The van der Waals surface area contributed by atoms with E-state index in [2.05, 4.69) is 23.9 Å². The maximum atomic E-state index is 12.1. The molecule has 0 N–H and O–H groups in total. The van der Waals surface area contributed by atoms with E-state index in [1.165, 1.54) is 11.8 Å². The molecule has 2 aromatic heterocycles. The summed E-state index contributed by atoms with van der Waals surface area (Å²) in [6, 6.07) is 13.1. The first-order valence-electron chi connectivity index (χ1n) is 8.46. The van der Waals surface area contributed by atoms with Crippen molar-refractivity contribution in [1.29, 1.82) is 0 Å². The van der Waals surface area contributed by atoms with Crippen LogP contribution in [0.2, 0.25) is 0 Å². The van der Waals surface area contributed by atoms with Crippen LogP contribution in [0.5, 0.6) is 0 Å². The van der Waals surface area contributed by atoms with Crippen molar-refractivity contribution in [1.82, 2.24) is 14.8 Å². The van der Waals surface area contributed by atoms with Gasteiger partial charge in [-0.1, -0.05) is 44.2 Å². The lowest BCUT2D eigenvalue weighted by molar-refractivity contribution is 0.0472. The fourth-order valence-electron chi connectivity index (χ4n) is 2.60. The van der Waals surface area contributed by atoms with Gasteiger partial charge >= 0.3 is 5.97 Å². The van der Waals surface area contributed by atoms with Crippen molar-refractivity contribution in [3.63, 3.8) is 0 Å². The molecular weight excluding hydrogens is 314 g/mol. The monoisotopic (exact) mass is 335 g/mol. The molecule has 0 unspecified atom stereocenters. The number of carbonyl (C=O) groups excluding carboxylic acids is 1. The number of pyridine rings is 1. The number of benzene rings is 1. The molecule has 0 saturated carbocycles. The van der Waals surface area contributed by atoms with Crippen molar-refractivity contribution in [3.8, 4) is 5.82 Å². The molecule has 3 rings (SSSR count). The summed E-state index contributed by atoms with van der Waals surface area (Å²) in [6.45, 7) is 4.45. The molecule has 0 radical (unpaired) electrons. The van der Waals surface area contributed by atoms with E-state index in [1.54, 1.807) is 16.8 Å². The summed E-state index contributed by atoms with van der Waals surface area (Å²) in [4.78, 5) is 16.5. The summed E-state index contributed by atoms with van der Waals surface area (Å²) in [7, 11) is 0. The zero-order chi connectivity index (χ0) is 17.6. The normalized spacial score (nSPS) is 10.6. The van der Waals surface area contributed by atoms with Crippen LogP contribution in [0.3, 0.4) is 0 Å². The van der Waals surface area contributed by atoms with Gasteiger partial charge in [0.1, 0.15) is 6.61 Å². The summed E-state index contributed by atoms with van der Waals surface area (Å²) >= 11 is 0. The Bertz CT molecular complexity index is 818. The topological polar surface area (TPSA) is 57.0 Å². The number of carbonyl (C=O) groups is 1. The first-order valence-corrected chi connectivity index (χ1v) is 8.46. The number of hydrogen-bond acceptors (Lipinski definition) is 4. The van der Waals surface area contributed by atoms with Crippen LogP contribution in [0.1, 0.15) is 41.0 Å². The van der Waals surface area contributed by atoms with Gasteiger partial charge in [0, 0.05) is 12.4 Å². The average Bonchev–Trinajstić information content (AvgIpc) is 3.10. The van der Waals surface area contributed by atoms with Gasteiger partial charge in [0.2, 0.25) is 0 Å². The molecule has 0 saturated heterocycles. The lowest BCUT2D eigenvalue weighted by atomic mass is 10.2. The molecule has 25 heavy (non-hydrogen) atoms. The second-order valence-corrected chi connectivity index (χ2v) is 5.72. The Balaban J connectivity index is 1.69. The zero-order valence-electron chi connectivity index (χ0n) is 14.5. The lowest BCUT2D eigenvalue weighted by Gasteiger charge is -2.05. The first kappa shape index (κ1) is 16.9.